The first-order valence-corrected chi connectivity index (χ1v) is 10.5. The van der Waals surface area contributed by atoms with E-state index in [2.05, 4.69) is 26.3 Å². The maximum atomic E-state index is 12.2. The summed E-state index contributed by atoms with van der Waals surface area (Å²) in [5, 5.41) is 12.7. The van der Waals surface area contributed by atoms with Gasteiger partial charge in [-0.15, -0.1) is 22.6 Å². The molecular formula is C19H28ClN5OS. The molecular weight excluding hydrogens is 382 g/mol. The summed E-state index contributed by atoms with van der Waals surface area (Å²) in [4.78, 5) is 12.2. The van der Waals surface area contributed by atoms with Crippen LogP contribution >= 0.6 is 24.2 Å². The van der Waals surface area contributed by atoms with E-state index in [1.54, 1.807) is 11.8 Å². The third kappa shape index (κ3) is 5.46. The molecule has 2 aromatic rings. The lowest BCUT2D eigenvalue weighted by Crippen LogP contribution is -2.25. The van der Waals surface area contributed by atoms with Gasteiger partial charge in [-0.2, -0.15) is 0 Å². The van der Waals surface area contributed by atoms with Crippen molar-refractivity contribution in [3.63, 3.8) is 0 Å². The number of thioether (sulfide) groups is 1. The topological polar surface area (TPSA) is 85.8 Å². The van der Waals surface area contributed by atoms with Crippen LogP contribution in [0.4, 0.5) is 0 Å². The maximum absolute atomic E-state index is 12.2. The molecule has 1 aromatic heterocycles. The second kappa shape index (κ2) is 10.7. The van der Waals surface area contributed by atoms with Crippen molar-refractivity contribution in [3.8, 4) is 0 Å². The number of carbonyl (C=O) groups is 1. The van der Waals surface area contributed by atoms with Gasteiger partial charge in [-0.3, -0.25) is 4.79 Å². The third-order valence-electron chi connectivity index (χ3n) is 4.92. The zero-order chi connectivity index (χ0) is 18.4. The Kier molecular flexibility index (Phi) is 8.60. The second-order valence-corrected chi connectivity index (χ2v) is 7.45. The lowest BCUT2D eigenvalue weighted by Gasteiger charge is -2.16. The van der Waals surface area contributed by atoms with Crippen LogP contribution in [0.1, 0.15) is 59.9 Å². The van der Waals surface area contributed by atoms with Crippen molar-refractivity contribution in [2.24, 2.45) is 5.73 Å². The van der Waals surface area contributed by atoms with E-state index in [-0.39, 0.29) is 18.3 Å². The highest BCUT2D eigenvalue weighted by Gasteiger charge is 2.23. The summed E-state index contributed by atoms with van der Waals surface area (Å²) >= 11 is 1.66. The molecule has 27 heavy (non-hydrogen) atoms. The normalized spacial score (nSPS) is 14.1. The average molecular weight is 410 g/mol. The van der Waals surface area contributed by atoms with Gasteiger partial charge in [-0.25, -0.2) is 0 Å². The Morgan fingerprint density at radius 3 is 2.59 bits per heavy atom. The Bertz CT molecular complexity index is 728. The van der Waals surface area contributed by atoms with Gasteiger partial charge in [0.15, 0.2) is 5.16 Å². The number of aromatic nitrogens is 3. The number of nitrogens with two attached hydrogens (primary N) is 1. The predicted octanol–water partition coefficient (Wildman–Crippen LogP) is 3.36. The van der Waals surface area contributed by atoms with Crippen LogP contribution in [-0.2, 0) is 13.0 Å². The highest BCUT2D eigenvalue weighted by Crippen LogP contribution is 2.33. The first kappa shape index (κ1) is 21.7. The Hall–Kier alpha value is -1.57. The fraction of sp³-hybridized carbons (Fsp3) is 0.526. The SMILES string of the molecule is CSc1nnc(CCCNC(=O)c2ccc(CN)cc2)n1C1CCCC1.Cl. The van der Waals surface area contributed by atoms with E-state index in [0.29, 0.717) is 24.7 Å². The monoisotopic (exact) mass is 409 g/mol. The maximum Gasteiger partial charge on any atom is 0.251 e. The van der Waals surface area contributed by atoms with Crippen LogP contribution in [-0.4, -0.2) is 33.5 Å². The molecule has 1 amide bonds. The summed E-state index contributed by atoms with van der Waals surface area (Å²) in [6.45, 7) is 1.12. The molecule has 148 valence electrons. The van der Waals surface area contributed by atoms with Crippen molar-refractivity contribution >= 4 is 30.1 Å². The summed E-state index contributed by atoms with van der Waals surface area (Å²) in [7, 11) is 0. The van der Waals surface area contributed by atoms with Crippen LogP contribution in [0.2, 0.25) is 0 Å². The standard InChI is InChI=1S/C19H27N5OS.ClH/c1-26-19-23-22-17(24(19)16-5-2-3-6-16)7-4-12-21-18(25)15-10-8-14(13-20)9-11-15;/h8-11,16H,2-7,12-13,20H2,1H3,(H,21,25);1H. The molecule has 6 nitrogen and oxygen atoms in total. The highest BCUT2D eigenvalue weighted by atomic mass is 35.5. The predicted molar refractivity (Wildman–Crippen MR) is 112 cm³/mol. The van der Waals surface area contributed by atoms with Crippen LogP contribution < -0.4 is 11.1 Å². The third-order valence-corrected chi connectivity index (χ3v) is 5.57. The number of hydrogen-bond donors (Lipinski definition) is 2. The molecule has 0 unspecified atom stereocenters. The molecule has 0 aliphatic heterocycles. The van der Waals surface area contributed by atoms with Crippen molar-refractivity contribution in [1.29, 1.82) is 0 Å². The fourth-order valence-electron chi connectivity index (χ4n) is 3.49. The summed E-state index contributed by atoms with van der Waals surface area (Å²) < 4.78 is 2.32. The number of halogens is 1. The van der Waals surface area contributed by atoms with Crippen LogP contribution in [0.5, 0.6) is 0 Å². The number of nitrogens with zero attached hydrogens (tertiary/aromatic N) is 3. The summed E-state index contributed by atoms with van der Waals surface area (Å²) in [6.07, 6.45) is 8.74. The number of rotatable bonds is 8. The van der Waals surface area contributed by atoms with Crippen molar-refractivity contribution < 1.29 is 4.79 Å². The minimum atomic E-state index is -0.0457. The number of aryl methyl sites for hydroxylation is 1. The molecule has 8 heteroatoms. The van der Waals surface area contributed by atoms with Gasteiger partial charge < -0.3 is 15.6 Å². The Morgan fingerprint density at radius 2 is 1.96 bits per heavy atom. The van der Waals surface area contributed by atoms with Gasteiger partial charge >= 0.3 is 0 Å². The molecule has 0 radical (unpaired) electrons. The van der Waals surface area contributed by atoms with Crippen LogP contribution in [0.25, 0.3) is 0 Å². The largest absolute Gasteiger partial charge is 0.352 e. The van der Waals surface area contributed by atoms with Gasteiger partial charge in [0, 0.05) is 31.1 Å². The Labute approximate surface area is 171 Å². The van der Waals surface area contributed by atoms with Gasteiger partial charge in [-0.05, 0) is 43.2 Å². The van der Waals surface area contributed by atoms with Crippen LogP contribution in [0, 0.1) is 0 Å². The lowest BCUT2D eigenvalue weighted by molar-refractivity contribution is 0.0953. The fourth-order valence-corrected chi connectivity index (χ4v) is 4.06. The van der Waals surface area contributed by atoms with Gasteiger partial charge in [0.2, 0.25) is 0 Å². The van der Waals surface area contributed by atoms with Gasteiger partial charge in [-0.1, -0.05) is 36.7 Å². The second-order valence-electron chi connectivity index (χ2n) is 6.67. The van der Waals surface area contributed by atoms with Gasteiger partial charge in [0.1, 0.15) is 5.82 Å². The molecule has 1 aliphatic rings. The van der Waals surface area contributed by atoms with Crippen molar-refractivity contribution in [2.45, 2.75) is 56.3 Å². The number of amides is 1. The van der Waals surface area contributed by atoms with E-state index < -0.39 is 0 Å². The van der Waals surface area contributed by atoms with Crippen molar-refractivity contribution in [1.82, 2.24) is 20.1 Å². The zero-order valence-corrected chi connectivity index (χ0v) is 17.3. The quantitative estimate of drug-likeness (QED) is 0.515. The molecule has 3 rings (SSSR count). The van der Waals surface area contributed by atoms with E-state index in [0.717, 1.165) is 29.4 Å². The van der Waals surface area contributed by atoms with E-state index in [9.17, 15) is 4.79 Å². The van der Waals surface area contributed by atoms with Crippen molar-refractivity contribution in [2.75, 3.05) is 12.8 Å². The van der Waals surface area contributed by atoms with Crippen LogP contribution in [0.3, 0.4) is 0 Å². The smallest absolute Gasteiger partial charge is 0.251 e. The van der Waals surface area contributed by atoms with Crippen LogP contribution in [0.15, 0.2) is 29.4 Å². The number of benzene rings is 1. The van der Waals surface area contributed by atoms with E-state index in [1.807, 2.05) is 24.3 Å². The molecule has 0 atom stereocenters. The molecule has 1 fully saturated rings. The van der Waals surface area contributed by atoms with Gasteiger partial charge in [0.25, 0.3) is 5.91 Å². The molecule has 1 aliphatic carbocycles. The lowest BCUT2D eigenvalue weighted by atomic mass is 10.1. The van der Waals surface area contributed by atoms with E-state index in [1.165, 1.54) is 25.7 Å². The highest BCUT2D eigenvalue weighted by molar-refractivity contribution is 7.98. The Balaban J connectivity index is 0.00000261. The summed E-state index contributed by atoms with van der Waals surface area (Å²) in [6, 6.07) is 7.96. The minimum Gasteiger partial charge on any atom is -0.352 e. The number of hydrogen-bond acceptors (Lipinski definition) is 5. The van der Waals surface area contributed by atoms with Crippen molar-refractivity contribution in [3.05, 3.63) is 41.2 Å². The Morgan fingerprint density at radius 1 is 1.26 bits per heavy atom. The van der Waals surface area contributed by atoms with E-state index in [4.69, 9.17) is 5.73 Å². The first-order chi connectivity index (χ1) is 12.7. The molecule has 0 spiro atoms. The zero-order valence-electron chi connectivity index (χ0n) is 15.7. The molecule has 1 aromatic carbocycles. The minimum absolute atomic E-state index is 0. The molecule has 0 bridgehead atoms. The van der Waals surface area contributed by atoms with E-state index >= 15 is 0 Å². The molecule has 1 saturated carbocycles. The molecule has 3 N–H and O–H groups in total. The molecule has 1 heterocycles. The van der Waals surface area contributed by atoms with Gasteiger partial charge in [0.05, 0.1) is 0 Å². The number of nitrogens with one attached hydrogen (secondary N) is 1. The summed E-state index contributed by atoms with van der Waals surface area (Å²) in [5.74, 6) is 0.999. The summed E-state index contributed by atoms with van der Waals surface area (Å²) in [5.41, 5.74) is 7.28. The molecule has 0 saturated heterocycles. The first-order valence-electron chi connectivity index (χ1n) is 9.28. The average Bonchev–Trinajstić information content (AvgIpc) is 3.34. The number of carbonyl (C=O) groups excluding carboxylic acids is 1.